The maximum absolute atomic E-state index is 11.3. The number of hydrogen-bond donors (Lipinski definition) is 1. The molecule has 4 heteroatoms. The highest BCUT2D eigenvalue weighted by molar-refractivity contribution is 7.90. The smallest absolute Gasteiger partial charge is 0.148 e. The van der Waals surface area contributed by atoms with Crippen molar-refractivity contribution in [3.8, 4) is 0 Å². The summed E-state index contributed by atoms with van der Waals surface area (Å²) >= 11 is 0. The molecule has 0 heterocycles. The Labute approximate surface area is 116 Å². The third-order valence-corrected chi connectivity index (χ3v) is 4.82. The number of nitrogens with one attached hydrogen (secondary N) is 1. The summed E-state index contributed by atoms with van der Waals surface area (Å²) in [6.45, 7) is 4.01. The highest BCUT2D eigenvalue weighted by atomic mass is 32.2. The summed E-state index contributed by atoms with van der Waals surface area (Å²) < 4.78 is 22.5. The van der Waals surface area contributed by atoms with Crippen LogP contribution in [0.3, 0.4) is 0 Å². The first-order chi connectivity index (χ1) is 8.85. The summed E-state index contributed by atoms with van der Waals surface area (Å²) in [6.07, 6.45) is 4.91. The first kappa shape index (κ1) is 14.5. The van der Waals surface area contributed by atoms with Crippen molar-refractivity contribution in [2.45, 2.75) is 45.2 Å². The van der Waals surface area contributed by atoms with Gasteiger partial charge in [0.2, 0.25) is 0 Å². The molecule has 1 aliphatic rings. The summed E-state index contributed by atoms with van der Waals surface area (Å²) in [5.41, 5.74) is 4.18. The van der Waals surface area contributed by atoms with Crippen LogP contribution in [-0.2, 0) is 22.7 Å². The molecular weight excluding hydrogens is 258 g/mol. The second-order valence-electron chi connectivity index (χ2n) is 5.76. The van der Waals surface area contributed by atoms with E-state index in [1.807, 2.05) is 6.92 Å². The summed E-state index contributed by atoms with van der Waals surface area (Å²) in [7, 11) is -2.92. The van der Waals surface area contributed by atoms with Gasteiger partial charge in [0.15, 0.2) is 0 Å². The molecule has 1 aromatic rings. The van der Waals surface area contributed by atoms with Crippen molar-refractivity contribution in [3.05, 3.63) is 34.9 Å². The number of sulfone groups is 1. The summed E-state index contributed by atoms with van der Waals surface area (Å²) in [4.78, 5) is 0. The topological polar surface area (TPSA) is 46.2 Å². The van der Waals surface area contributed by atoms with Gasteiger partial charge in [0.05, 0.1) is 5.75 Å². The van der Waals surface area contributed by atoms with Crippen molar-refractivity contribution in [2.24, 2.45) is 0 Å². The predicted molar refractivity (Wildman–Crippen MR) is 79.2 cm³/mol. The molecule has 106 valence electrons. The van der Waals surface area contributed by atoms with Crippen molar-refractivity contribution in [2.75, 3.05) is 12.0 Å². The van der Waals surface area contributed by atoms with Gasteiger partial charge in [0.1, 0.15) is 9.84 Å². The number of aryl methyl sites for hydroxylation is 2. The molecule has 19 heavy (non-hydrogen) atoms. The SMILES string of the molecule is CC(CS(C)(=O)=O)NC(C)c1ccc2c(c1)CCC2. The van der Waals surface area contributed by atoms with E-state index in [1.165, 1.54) is 42.2 Å². The first-order valence-corrected chi connectivity index (χ1v) is 8.96. The fourth-order valence-corrected chi connectivity index (χ4v) is 3.89. The van der Waals surface area contributed by atoms with Gasteiger partial charge in [-0.05, 0) is 49.8 Å². The Bertz CT molecular complexity index is 551. The van der Waals surface area contributed by atoms with E-state index in [-0.39, 0.29) is 17.8 Å². The molecule has 2 atom stereocenters. The van der Waals surface area contributed by atoms with Crippen LogP contribution in [0.4, 0.5) is 0 Å². The molecule has 2 rings (SSSR count). The van der Waals surface area contributed by atoms with Crippen molar-refractivity contribution in [3.63, 3.8) is 0 Å². The van der Waals surface area contributed by atoms with Crippen LogP contribution in [0.15, 0.2) is 18.2 Å². The molecule has 0 amide bonds. The van der Waals surface area contributed by atoms with E-state index in [4.69, 9.17) is 0 Å². The average Bonchev–Trinajstić information content (AvgIpc) is 2.72. The minimum Gasteiger partial charge on any atom is -0.307 e. The quantitative estimate of drug-likeness (QED) is 0.900. The maximum atomic E-state index is 11.3. The van der Waals surface area contributed by atoms with Gasteiger partial charge in [0.25, 0.3) is 0 Å². The van der Waals surface area contributed by atoms with Crippen LogP contribution in [0, 0.1) is 0 Å². The Kier molecular flexibility index (Phi) is 4.31. The molecule has 0 fully saturated rings. The summed E-state index contributed by atoms with van der Waals surface area (Å²) in [5.74, 6) is 0.183. The summed E-state index contributed by atoms with van der Waals surface area (Å²) in [6, 6.07) is 6.81. The Hall–Kier alpha value is -0.870. The van der Waals surface area contributed by atoms with Crippen LogP contribution in [0.2, 0.25) is 0 Å². The van der Waals surface area contributed by atoms with E-state index in [9.17, 15) is 8.42 Å². The number of fused-ring (bicyclic) bond motifs is 1. The second-order valence-corrected chi connectivity index (χ2v) is 7.95. The van der Waals surface area contributed by atoms with Crippen LogP contribution >= 0.6 is 0 Å². The average molecular weight is 281 g/mol. The molecule has 0 aromatic heterocycles. The van der Waals surface area contributed by atoms with E-state index >= 15 is 0 Å². The lowest BCUT2D eigenvalue weighted by atomic mass is 10.0. The lowest BCUT2D eigenvalue weighted by Crippen LogP contribution is -2.34. The van der Waals surface area contributed by atoms with Crippen molar-refractivity contribution in [1.29, 1.82) is 0 Å². The highest BCUT2D eigenvalue weighted by Crippen LogP contribution is 2.25. The minimum absolute atomic E-state index is 0.0294. The molecule has 0 saturated heterocycles. The first-order valence-electron chi connectivity index (χ1n) is 6.90. The lowest BCUT2D eigenvalue weighted by molar-refractivity contribution is 0.500. The molecular formula is C15H23NO2S. The predicted octanol–water partition coefficient (Wildman–Crippen LogP) is 2.26. The number of rotatable bonds is 5. The minimum atomic E-state index is -2.92. The van der Waals surface area contributed by atoms with E-state index in [0.717, 1.165) is 0 Å². The van der Waals surface area contributed by atoms with Gasteiger partial charge < -0.3 is 5.32 Å². The molecule has 0 saturated carbocycles. The molecule has 3 nitrogen and oxygen atoms in total. The second kappa shape index (κ2) is 5.63. The zero-order chi connectivity index (χ0) is 14.0. The largest absolute Gasteiger partial charge is 0.307 e. The number of benzene rings is 1. The van der Waals surface area contributed by atoms with Crippen LogP contribution in [0.25, 0.3) is 0 Å². The fraction of sp³-hybridized carbons (Fsp3) is 0.600. The Balaban J connectivity index is 2.02. The third-order valence-electron chi connectivity index (χ3n) is 3.71. The Morgan fingerprint density at radius 1 is 1.21 bits per heavy atom. The Morgan fingerprint density at radius 2 is 1.89 bits per heavy atom. The van der Waals surface area contributed by atoms with E-state index in [0.29, 0.717) is 0 Å². The van der Waals surface area contributed by atoms with Gasteiger partial charge in [-0.25, -0.2) is 8.42 Å². The normalized spacial score (nSPS) is 18.1. The molecule has 1 aliphatic carbocycles. The fourth-order valence-electron chi connectivity index (χ4n) is 2.89. The van der Waals surface area contributed by atoms with Crippen molar-refractivity contribution >= 4 is 9.84 Å². The number of hydrogen-bond acceptors (Lipinski definition) is 3. The maximum Gasteiger partial charge on any atom is 0.148 e. The van der Waals surface area contributed by atoms with Gasteiger partial charge in [-0.1, -0.05) is 18.2 Å². The monoisotopic (exact) mass is 281 g/mol. The van der Waals surface area contributed by atoms with Gasteiger partial charge in [-0.2, -0.15) is 0 Å². The van der Waals surface area contributed by atoms with Crippen molar-refractivity contribution in [1.82, 2.24) is 5.32 Å². The standard InChI is InChI=1S/C15H23NO2S/c1-11(10-19(3,17)18)16-12(2)14-8-7-13-5-4-6-15(13)9-14/h7-9,11-12,16H,4-6,10H2,1-3H3. The lowest BCUT2D eigenvalue weighted by Gasteiger charge is -2.20. The van der Waals surface area contributed by atoms with E-state index < -0.39 is 9.84 Å². The third kappa shape index (κ3) is 4.05. The highest BCUT2D eigenvalue weighted by Gasteiger charge is 2.16. The zero-order valence-electron chi connectivity index (χ0n) is 11.9. The van der Waals surface area contributed by atoms with E-state index in [2.05, 4.69) is 30.4 Å². The van der Waals surface area contributed by atoms with Crippen LogP contribution < -0.4 is 5.32 Å². The van der Waals surface area contributed by atoms with Gasteiger partial charge >= 0.3 is 0 Å². The molecule has 0 spiro atoms. The Morgan fingerprint density at radius 3 is 2.58 bits per heavy atom. The van der Waals surface area contributed by atoms with Crippen LogP contribution in [0.1, 0.15) is 43.0 Å². The zero-order valence-corrected chi connectivity index (χ0v) is 12.8. The molecule has 2 unspecified atom stereocenters. The molecule has 0 bridgehead atoms. The van der Waals surface area contributed by atoms with Crippen LogP contribution in [-0.4, -0.2) is 26.5 Å². The summed E-state index contributed by atoms with van der Waals surface area (Å²) in [5, 5.41) is 3.36. The molecule has 1 aromatic carbocycles. The van der Waals surface area contributed by atoms with Gasteiger partial charge in [-0.3, -0.25) is 0 Å². The van der Waals surface area contributed by atoms with Crippen molar-refractivity contribution < 1.29 is 8.42 Å². The van der Waals surface area contributed by atoms with Crippen LogP contribution in [0.5, 0.6) is 0 Å². The molecule has 0 radical (unpaired) electrons. The van der Waals surface area contributed by atoms with Gasteiger partial charge in [-0.15, -0.1) is 0 Å². The molecule has 1 N–H and O–H groups in total. The van der Waals surface area contributed by atoms with Gasteiger partial charge in [0, 0.05) is 18.3 Å². The molecule has 0 aliphatic heterocycles. The van der Waals surface area contributed by atoms with E-state index in [1.54, 1.807) is 0 Å².